The van der Waals surface area contributed by atoms with Gasteiger partial charge in [0.15, 0.2) is 0 Å². The molecule has 0 heteroatoms. The zero-order chi connectivity index (χ0) is 13.3. The first-order valence-corrected chi connectivity index (χ1v) is 6.61. The van der Waals surface area contributed by atoms with E-state index in [1.54, 1.807) is 0 Å². The minimum Gasteiger partial charge on any atom is -0.0751 e. The molecule has 0 bridgehead atoms. The number of rotatable bonds is 2. The van der Waals surface area contributed by atoms with Gasteiger partial charge in [0.2, 0.25) is 0 Å². The molecule has 0 spiro atoms. The first kappa shape index (κ1) is 14.3. The zero-order valence-corrected chi connectivity index (χ0v) is 12.6. The molecule has 0 nitrogen and oxygen atoms in total. The van der Waals surface area contributed by atoms with Gasteiger partial charge in [-0.1, -0.05) is 78.8 Å². The molecule has 1 rings (SSSR count). The molecule has 0 heterocycles. The largest absolute Gasteiger partial charge is 0.0751 e. The van der Waals surface area contributed by atoms with E-state index >= 15 is 0 Å². The average Bonchev–Trinajstić information content (AvgIpc) is 2.22. The third kappa shape index (κ3) is 4.53. The maximum absolute atomic E-state index is 2.42. The van der Waals surface area contributed by atoms with Crippen molar-refractivity contribution in [2.75, 3.05) is 0 Å². The van der Waals surface area contributed by atoms with Gasteiger partial charge < -0.3 is 0 Å². The van der Waals surface area contributed by atoms with E-state index in [1.807, 2.05) is 0 Å². The van der Waals surface area contributed by atoms with Gasteiger partial charge in [0, 0.05) is 5.41 Å². The summed E-state index contributed by atoms with van der Waals surface area (Å²) in [5.41, 5.74) is 2.22. The Balaban J connectivity index is 3.03. The highest BCUT2D eigenvalue weighted by Gasteiger charge is 2.29. The highest BCUT2D eigenvalue weighted by Crippen LogP contribution is 2.41. The molecule has 0 fully saturated rings. The molecule has 96 valence electrons. The minimum atomic E-state index is 0.161. The smallest absolute Gasteiger partial charge is 0.00135 e. The summed E-state index contributed by atoms with van der Waals surface area (Å²) in [6.07, 6.45) is 12.5. The van der Waals surface area contributed by atoms with Crippen molar-refractivity contribution in [3.05, 3.63) is 36.0 Å². The van der Waals surface area contributed by atoms with Crippen molar-refractivity contribution in [3.63, 3.8) is 0 Å². The van der Waals surface area contributed by atoms with E-state index < -0.39 is 0 Å². The van der Waals surface area contributed by atoms with E-state index in [2.05, 4.69) is 78.8 Å². The molecule has 1 aliphatic rings. The maximum atomic E-state index is 2.42. The number of hydrogen-bond donors (Lipinski definition) is 0. The van der Waals surface area contributed by atoms with E-state index in [4.69, 9.17) is 0 Å². The Labute approximate surface area is 108 Å². The van der Waals surface area contributed by atoms with E-state index in [9.17, 15) is 0 Å². The Morgan fingerprint density at radius 1 is 1.00 bits per heavy atom. The molecular weight excluding hydrogens is 204 g/mol. The zero-order valence-electron chi connectivity index (χ0n) is 12.6. The van der Waals surface area contributed by atoms with Crippen LogP contribution in [-0.2, 0) is 0 Å². The lowest BCUT2D eigenvalue weighted by Gasteiger charge is -2.34. The second-order valence-corrected chi connectivity index (χ2v) is 7.76. The summed E-state index contributed by atoms with van der Waals surface area (Å²) < 4.78 is 0. The monoisotopic (exact) mass is 232 g/mol. The molecule has 0 N–H and O–H groups in total. The molecule has 0 unspecified atom stereocenters. The first-order chi connectivity index (χ1) is 7.52. The fourth-order valence-corrected chi connectivity index (χ4v) is 2.81. The summed E-state index contributed by atoms with van der Waals surface area (Å²) in [6, 6.07) is 0. The van der Waals surface area contributed by atoms with Crippen molar-refractivity contribution < 1.29 is 0 Å². The lowest BCUT2D eigenvalue weighted by Crippen LogP contribution is -2.23. The van der Waals surface area contributed by atoms with Crippen molar-refractivity contribution in [1.29, 1.82) is 0 Å². The van der Waals surface area contributed by atoms with Crippen LogP contribution in [0.5, 0.6) is 0 Å². The molecule has 0 aromatic rings. The standard InChI is InChI=1S/C17H28/c1-15(2,3)13-17(6,7)14-10-8-9-11-16(4,5)12-14/h8-12H,13H2,1-7H3. The third-order valence-corrected chi connectivity index (χ3v) is 3.19. The molecule has 1 aliphatic carbocycles. The van der Waals surface area contributed by atoms with E-state index in [0.29, 0.717) is 5.41 Å². The molecule has 0 aromatic carbocycles. The third-order valence-electron chi connectivity index (χ3n) is 3.19. The van der Waals surface area contributed by atoms with Gasteiger partial charge >= 0.3 is 0 Å². The molecule has 0 radical (unpaired) electrons. The summed E-state index contributed by atoms with van der Waals surface area (Å²) in [5.74, 6) is 0. The maximum Gasteiger partial charge on any atom is 0.00135 e. The number of hydrogen-bond acceptors (Lipinski definition) is 0. The van der Waals surface area contributed by atoms with Crippen LogP contribution in [0.15, 0.2) is 36.0 Å². The second kappa shape index (κ2) is 4.48. The molecule has 17 heavy (non-hydrogen) atoms. The van der Waals surface area contributed by atoms with Crippen LogP contribution >= 0.6 is 0 Å². The van der Waals surface area contributed by atoms with Gasteiger partial charge in [0.1, 0.15) is 0 Å². The predicted molar refractivity (Wildman–Crippen MR) is 78.0 cm³/mol. The van der Waals surface area contributed by atoms with Gasteiger partial charge in [0.25, 0.3) is 0 Å². The molecule has 0 aliphatic heterocycles. The summed E-state index contributed by atoms with van der Waals surface area (Å²) in [4.78, 5) is 0. The van der Waals surface area contributed by atoms with Gasteiger partial charge in [-0.25, -0.2) is 0 Å². The quantitative estimate of drug-likeness (QED) is 0.587. The molecule has 0 amide bonds. The van der Waals surface area contributed by atoms with Crippen LogP contribution < -0.4 is 0 Å². The summed E-state index contributed by atoms with van der Waals surface area (Å²) in [6.45, 7) is 16.2. The molecule has 0 saturated heterocycles. The van der Waals surface area contributed by atoms with Crippen LogP contribution in [0.4, 0.5) is 0 Å². The fraction of sp³-hybridized carbons (Fsp3) is 0.647. The van der Waals surface area contributed by atoms with Crippen LogP contribution in [0.1, 0.15) is 54.9 Å². The predicted octanol–water partition coefficient (Wildman–Crippen LogP) is 5.53. The van der Waals surface area contributed by atoms with E-state index in [1.165, 1.54) is 12.0 Å². The molecule has 0 atom stereocenters. The first-order valence-electron chi connectivity index (χ1n) is 6.61. The Hall–Kier alpha value is -0.780. The molecule has 0 aromatic heterocycles. The average molecular weight is 232 g/mol. The Morgan fingerprint density at radius 2 is 1.59 bits per heavy atom. The van der Waals surface area contributed by atoms with Crippen molar-refractivity contribution in [1.82, 2.24) is 0 Å². The van der Waals surface area contributed by atoms with Crippen molar-refractivity contribution in [2.45, 2.75) is 54.9 Å². The van der Waals surface area contributed by atoms with Crippen LogP contribution in [0.25, 0.3) is 0 Å². The van der Waals surface area contributed by atoms with Gasteiger partial charge in [-0.05, 0) is 22.8 Å². The summed E-state index contributed by atoms with van der Waals surface area (Å²) in [5, 5.41) is 0. The summed E-state index contributed by atoms with van der Waals surface area (Å²) >= 11 is 0. The van der Waals surface area contributed by atoms with Gasteiger partial charge in [-0.2, -0.15) is 0 Å². The SMILES string of the molecule is CC1(C)C=CC=CC(C(C)(C)CC(C)(C)C)=C1. The van der Waals surface area contributed by atoms with Gasteiger partial charge in [0.05, 0.1) is 0 Å². The van der Waals surface area contributed by atoms with Crippen LogP contribution in [0.3, 0.4) is 0 Å². The van der Waals surface area contributed by atoms with Gasteiger partial charge in [-0.15, -0.1) is 0 Å². The van der Waals surface area contributed by atoms with Crippen molar-refractivity contribution >= 4 is 0 Å². The topological polar surface area (TPSA) is 0 Å². The van der Waals surface area contributed by atoms with Crippen molar-refractivity contribution in [3.8, 4) is 0 Å². The van der Waals surface area contributed by atoms with E-state index in [0.717, 1.165) is 0 Å². The van der Waals surface area contributed by atoms with Crippen LogP contribution in [-0.4, -0.2) is 0 Å². The Morgan fingerprint density at radius 3 is 2.12 bits per heavy atom. The lowest BCUT2D eigenvalue weighted by molar-refractivity contribution is 0.252. The molecular formula is C17H28. The van der Waals surface area contributed by atoms with Crippen LogP contribution in [0.2, 0.25) is 0 Å². The fourth-order valence-electron chi connectivity index (χ4n) is 2.81. The lowest BCUT2D eigenvalue weighted by atomic mass is 9.70. The van der Waals surface area contributed by atoms with Crippen molar-refractivity contribution in [2.24, 2.45) is 16.2 Å². The Bertz CT molecular complexity index is 354. The second-order valence-electron chi connectivity index (χ2n) is 7.76. The van der Waals surface area contributed by atoms with E-state index in [-0.39, 0.29) is 10.8 Å². The highest BCUT2D eigenvalue weighted by molar-refractivity contribution is 5.34. The summed E-state index contributed by atoms with van der Waals surface area (Å²) in [7, 11) is 0. The minimum absolute atomic E-state index is 0.161. The Kier molecular flexibility index (Phi) is 3.76. The van der Waals surface area contributed by atoms with Crippen LogP contribution in [0, 0.1) is 16.2 Å². The molecule has 0 saturated carbocycles. The highest BCUT2D eigenvalue weighted by atomic mass is 14.3. The van der Waals surface area contributed by atoms with Gasteiger partial charge in [-0.3, -0.25) is 0 Å². The number of allylic oxidation sites excluding steroid dienone is 6. The normalized spacial score (nSPS) is 20.1.